The standard InChI is InChI=1S/C28H31N3O9/c1-7-40-27(33)19-14-21(35-2)22(36-3)15-20(19)31-26(32)16-8-10-17(11-9-16)29-28(34)30-18-12-23(37-4)25(39-6)24(13-18)38-5/h8-15H,7H2,1-6H3,(H,31,32)(H2,29,30,34). The van der Waals surface area contributed by atoms with Crippen LogP contribution in [-0.2, 0) is 4.74 Å². The molecule has 0 fully saturated rings. The minimum Gasteiger partial charge on any atom is -0.493 e. The van der Waals surface area contributed by atoms with E-state index in [-0.39, 0.29) is 23.4 Å². The summed E-state index contributed by atoms with van der Waals surface area (Å²) in [4.78, 5) is 38.1. The maximum atomic E-state index is 13.0. The minimum absolute atomic E-state index is 0.106. The van der Waals surface area contributed by atoms with Crippen LogP contribution >= 0.6 is 0 Å². The van der Waals surface area contributed by atoms with Crippen LogP contribution in [0.2, 0.25) is 0 Å². The molecule has 0 spiro atoms. The number of hydrogen-bond acceptors (Lipinski definition) is 9. The summed E-state index contributed by atoms with van der Waals surface area (Å²) in [5.74, 6) is 0.670. The molecule has 3 rings (SSSR count). The molecule has 3 N–H and O–H groups in total. The van der Waals surface area contributed by atoms with E-state index in [2.05, 4.69) is 16.0 Å². The van der Waals surface area contributed by atoms with Gasteiger partial charge in [0.05, 0.1) is 59.1 Å². The molecule has 212 valence electrons. The first-order valence-electron chi connectivity index (χ1n) is 12.0. The molecule has 3 amide bonds. The van der Waals surface area contributed by atoms with Gasteiger partial charge in [-0.1, -0.05) is 0 Å². The molecule has 40 heavy (non-hydrogen) atoms. The van der Waals surface area contributed by atoms with Crippen LogP contribution in [0.15, 0.2) is 48.5 Å². The molecule has 0 saturated heterocycles. The van der Waals surface area contributed by atoms with Crippen molar-refractivity contribution in [1.29, 1.82) is 0 Å². The molecule has 0 bridgehead atoms. The minimum atomic E-state index is -0.628. The zero-order valence-corrected chi connectivity index (χ0v) is 23.0. The number of methoxy groups -OCH3 is 5. The van der Waals surface area contributed by atoms with Crippen molar-refractivity contribution < 1.29 is 42.8 Å². The summed E-state index contributed by atoms with van der Waals surface area (Å²) in [6.45, 7) is 1.83. The first-order chi connectivity index (χ1) is 19.3. The van der Waals surface area contributed by atoms with Crippen LogP contribution in [0.25, 0.3) is 0 Å². The predicted molar refractivity (Wildman–Crippen MR) is 149 cm³/mol. The van der Waals surface area contributed by atoms with E-state index in [1.807, 2.05) is 0 Å². The average molecular weight is 554 g/mol. The zero-order valence-electron chi connectivity index (χ0n) is 23.0. The fourth-order valence-electron chi connectivity index (χ4n) is 3.71. The molecule has 0 unspecified atom stereocenters. The average Bonchev–Trinajstić information content (AvgIpc) is 2.96. The summed E-state index contributed by atoms with van der Waals surface area (Å²) in [5, 5.41) is 8.09. The number of rotatable bonds is 11. The SMILES string of the molecule is CCOC(=O)c1cc(OC)c(OC)cc1NC(=O)c1ccc(NC(=O)Nc2cc(OC)c(OC)c(OC)c2)cc1. The maximum Gasteiger partial charge on any atom is 0.340 e. The second-order valence-electron chi connectivity index (χ2n) is 8.00. The highest BCUT2D eigenvalue weighted by atomic mass is 16.5. The summed E-state index contributed by atoms with van der Waals surface area (Å²) in [6.07, 6.45) is 0. The van der Waals surface area contributed by atoms with Gasteiger partial charge in [-0.15, -0.1) is 0 Å². The second-order valence-corrected chi connectivity index (χ2v) is 8.00. The van der Waals surface area contributed by atoms with Crippen LogP contribution in [0.1, 0.15) is 27.6 Å². The summed E-state index contributed by atoms with van der Waals surface area (Å²) < 4.78 is 31.6. The van der Waals surface area contributed by atoms with Crippen LogP contribution in [0.3, 0.4) is 0 Å². The van der Waals surface area contributed by atoms with Crippen LogP contribution < -0.4 is 39.6 Å². The Labute approximate surface area is 231 Å². The van der Waals surface area contributed by atoms with Crippen molar-refractivity contribution in [2.45, 2.75) is 6.92 Å². The van der Waals surface area contributed by atoms with E-state index in [0.717, 1.165) is 0 Å². The van der Waals surface area contributed by atoms with Gasteiger partial charge < -0.3 is 44.4 Å². The molecule has 0 atom stereocenters. The Morgan fingerprint density at radius 3 is 1.73 bits per heavy atom. The van der Waals surface area contributed by atoms with Crippen molar-refractivity contribution in [1.82, 2.24) is 0 Å². The smallest absolute Gasteiger partial charge is 0.340 e. The normalized spacial score (nSPS) is 10.2. The predicted octanol–water partition coefficient (Wildman–Crippen LogP) is 4.80. The largest absolute Gasteiger partial charge is 0.493 e. The third-order valence-electron chi connectivity index (χ3n) is 5.59. The lowest BCUT2D eigenvalue weighted by molar-refractivity contribution is 0.0527. The van der Waals surface area contributed by atoms with Crippen LogP contribution in [0.5, 0.6) is 28.7 Å². The fraction of sp³-hybridized carbons (Fsp3) is 0.250. The van der Waals surface area contributed by atoms with E-state index in [4.69, 9.17) is 28.4 Å². The van der Waals surface area contributed by atoms with Crippen molar-refractivity contribution >= 4 is 35.0 Å². The Hall–Kier alpha value is -5.13. The van der Waals surface area contributed by atoms with Crippen LogP contribution in [0.4, 0.5) is 21.9 Å². The monoisotopic (exact) mass is 553 g/mol. The van der Waals surface area contributed by atoms with Gasteiger partial charge in [0.15, 0.2) is 23.0 Å². The number of carbonyl (C=O) groups is 3. The molecule has 12 heteroatoms. The Morgan fingerprint density at radius 2 is 1.20 bits per heavy atom. The molecule has 0 radical (unpaired) electrons. The molecule has 12 nitrogen and oxygen atoms in total. The Morgan fingerprint density at radius 1 is 0.650 bits per heavy atom. The van der Waals surface area contributed by atoms with Gasteiger partial charge >= 0.3 is 12.0 Å². The first-order valence-corrected chi connectivity index (χ1v) is 12.0. The third kappa shape index (κ3) is 6.84. The van der Waals surface area contributed by atoms with Crippen molar-refractivity contribution in [3.8, 4) is 28.7 Å². The third-order valence-corrected chi connectivity index (χ3v) is 5.59. The molecule has 0 aliphatic rings. The molecule has 3 aromatic carbocycles. The summed E-state index contributed by atoms with van der Waals surface area (Å²) in [7, 11) is 7.31. The van der Waals surface area contributed by atoms with Crippen molar-refractivity contribution in [2.24, 2.45) is 0 Å². The molecule has 3 aromatic rings. The first kappa shape index (κ1) is 29.4. The van der Waals surface area contributed by atoms with E-state index in [0.29, 0.717) is 40.1 Å². The molecule has 0 saturated carbocycles. The number of esters is 1. The number of amides is 3. The Kier molecular flexibility index (Phi) is 10.0. The van der Waals surface area contributed by atoms with Crippen molar-refractivity contribution in [3.63, 3.8) is 0 Å². The Balaban J connectivity index is 1.73. The number of anilines is 3. The van der Waals surface area contributed by atoms with Crippen molar-refractivity contribution in [3.05, 3.63) is 59.7 Å². The van der Waals surface area contributed by atoms with Gasteiger partial charge in [0.25, 0.3) is 5.91 Å². The zero-order chi connectivity index (χ0) is 29.2. The van der Waals surface area contributed by atoms with E-state index >= 15 is 0 Å². The van der Waals surface area contributed by atoms with Gasteiger partial charge in [-0.3, -0.25) is 4.79 Å². The van der Waals surface area contributed by atoms with Crippen LogP contribution in [-0.4, -0.2) is 60.1 Å². The number of ether oxygens (including phenoxy) is 6. The molecule has 0 aliphatic carbocycles. The maximum absolute atomic E-state index is 13.0. The number of benzene rings is 3. The number of carbonyl (C=O) groups excluding carboxylic acids is 3. The second kappa shape index (κ2) is 13.6. The summed E-state index contributed by atoms with van der Waals surface area (Å²) >= 11 is 0. The van der Waals surface area contributed by atoms with E-state index < -0.39 is 17.9 Å². The molecular weight excluding hydrogens is 522 g/mol. The van der Waals surface area contributed by atoms with Gasteiger partial charge in [0, 0.05) is 35.5 Å². The molecule has 0 heterocycles. The lowest BCUT2D eigenvalue weighted by Gasteiger charge is -2.15. The van der Waals surface area contributed by atoms with Gasteiger partial charge in [0.2, 0.25) is 5.75 Å². The summed E-state index contributed by atoms with van der Waals surface area (Å²) in [5.41, 5.74) is 1.41. The Bertz CT molecular complexity index is 1350. The highest BCUT2D eigenvalue weighted by Gasteiger charge is 2.20. The number of urea groups is 1. The number of hydrogen-bond donors (Lipinski definition) is 3. The molecular formula is C28H31N3O9. The van der Waals surface area contributed by atoms with Crippen LogP contribution in [0, 0.1) is 0 Å². The lowest BCUT2D eigenvalue weighted by atomic mass is 10.1. The van der Waals surface area contributed by atoms with Gasteiger partial charge in [-0.05, 0) is 31.2 Å². The molecule has 0 aliphatic heterocycles. The highest BCUT2D eigenvalue weighted by Crippen LogP contribution is 2.40. The highest BCUT2D eigenvalue weighted by molar-refractivity contribution is 6.09. The van der Waals surface area contributed by atoms with Crippen molar-refractivity contribution in [2.75, 3.05) is 58.1 Å². The van der Waals surface area contributed by atoms with E-state index in [1.54, 1.807) is 31.2 Å². The van der Waals surface area contributed by atoms with Gasteiger partial charge in [-0.25, -0.2) is 9.59 Å². The molecule has 0 aromatic heterocycles. The van der Waals surface area contributed by atoms with E-state index in [9.17, 15) is 14.4 Å². The fourth-order valence-corrected chi connectivity index (χ4v) is 3.71. The van der Waals surface area contributed by atoms with E-state index in [1.165, 1.54) is 59.8 Å². The quantitative estimate of drug-likeness (QED) is 0.285. The summed E-state index contributed by atoms with van der Waals surface area (Å²) in [6, 6.07) is 11.7. The lowest BCUT2D eigenvalue weighted by Crippen LogP contribution is -2.20. The van der Waals surface area contributed by atoms with Gasteiger partial charge in [0.1, 0.15) is 0 Å². The number of nitrogens with one attached hydrogen (secondary N) is 3. The topological polar surface area (TPSA) is 143 Å². The van der Waals surface area contributed by atoms with Gasteiger partial charge in [-0.2, -0.15) is 0 Å².